The highest BCUT2D eigenvalue weighted by atomic mass is 32.1. The number of aromatic nitrogens is 1. The SMILES string of the molecule is Cc1cccc(-c2nsc3cc(C(C)(C)O)c(N)cc23)c1. The molecule has 108 valence electrons. The van der Waals surface area contributed by atoms with Crippen LogP contribution in [0.3, 0.4) is 0 Å². The van der Waals surface area contributed by atoms with E-state index in [1.807, 2.05) is 18.2 Å². The molecule has 0 fully saturated rings. The van der Waals surface area contributed by atoms with E-state index >= 15 is 0 Å². The lowest BCUT2D eigenvalue weighted by Gasteiger charge is -2.20. The first-order valence-electron chi connectivity index (χ1n) is 6.85. The summed E-state index contributed by atoms with van der Waals surface area (Å²) in [6, 6.07) is 12.1. The molecule has 0 bridgehead atoms. The maximum atomic E-state index is 10.2. The summed E-state index contributed by atoms with van der Waals surface area (Å²) in [6.45, 7) is 5.55. The second kappa shape index (κ2) is 4.83. The van der Waals surface area contributed by atoms with Gasteiger partial charge in [0.2, 0.25) is 0 Å². The molecule has 0 radical (unpaired) electrons. The van der Waals surface area contributed by atoms with Gasteiger partial charge in [-0.25, -0.2) is 0 Å². The smallest absolute Gasteiger partial charge is 0.0920 e. The minimum Gasteiger partial charge on any atom is -0.398 e. The predicted octanol–water partition coefficient (Wildman–Crippen LogP) is 4.08. The molecular formula is C17H18N2OS. The molecule has 0 saturated heterocycles. The van der Waals surface area contributed by atoms with Gasteiger partial charge < -0.3 is 10.8 Å². The lowest BCUT2D eigenvalue weighted by atomic mass is 9.95. The molecule has 0 amide bonds. The van der Waals surface area contributed by atoms with Gasteiger partial charge in [0.15, 0.2) is 0 Å². The fourth-order valence-electron chi connectivity index (χ4n) is 2.53. The van der Waals surface area contributed by atoms with Gasteiger partial charge in [-0.05, 0) is 50.5 Å². The Morgan fingerprint density at radius 3 is 2.62 bits per heavy atom. The van der Waals surface area contributed by atoms with Crippen LogP contribution in [0.2, 0.25) is 0 Å². The van der Waals surface area contributed by atoms with Crippen molar-refractivity contribution in [1.29, 1.82) is 0 Å². The maximum absolute atomic E-state index is 10.2. The highest BCUT2D eigenvalue weighted by molar-refractivity contribution is 7.13. The number of rotatable bonds is 2. The average molecular weight is 298 g/mol. The molecule has 3 aromatic rings. The van der Waals surface area contributed by atoms with Gasteiger partial charge in [-0.3, -0.25) is 0 Å². The van der Waals surface area contributed by atoms with Gasteiger partial charge in [0.25, 0.3) is 0 Å². The molecule has 0 atom stereocenters. The molecule has 0 aliphatic heterocycles. The van der Waals surface area contributed by atoms with Crippen LogP contribution >= 0.6 is 11.5 Å². The first-order valence-corrected chi connectivity index (χ1v) is 7.62. The molecule has 4 heteroatoms. The summed E-state index contributed by atoms with van der Waals surface area (Å²) in [5.41, 5.74) is 9.77. The first kappa shape index (κ1) is 14.0. The average Bonchev–Trinajstić information content (AvgIpc) is 2.79. The predicted molar refractivity (Wildman–Crippen MR) is 89.5 cm³/mol. The largest absolute Gasteiger partial charge is 0.398 e. The molecule has 0 spiro atoms. The molecule has 3 rings (SSSR count). The van der Waals surface area contributed by atoms with E-state index in [2.05, 4.69) is 29.5 Å². The van der Waals surface area contributed by atoms with Crippen LogP contribution in [0.1, 0.15) is 25.0 Å². The molecule has 3 N–H and O–H groups in total. The van der Waals surface area contributed by atoms with Crippen molar-refractivity contribution in [3.05, 3.63) is 47.5 Å². The topological polar surface area (TPSA) is 59.1 Å². The summed E-state index contributed by atoms with van der Waals surface area (Å²) in [5.74, 6) is 0. The van der Waals surface area contributed by atoms with Crippen molar-refractivity contribution < 1.29 is 5.11 Å². The Labute approximate surface area is 128 Å². The quantitative estimate of drug-likeness (QED) is 0.701. The molecular weight excluding hydrogens is 280 g/mol. The Hall–Kier alpha value is -1.91. The number of benzene rings is 2. The van der Waals surface area contributed by atoms with Crippen LogP contribution < -0.4 is 5.73 Å². The van der Waals surface area contributed by atoms with Gasteiger partial charge in [0.05, 0.1) is 16.0 Å². The first-order chi connectivity index (χ1) is 9.86. The van der Waals surface area contributed by atoms with E-state index in [1.165, 1.54) is 17.1 Å². The number of nitrogens with zero attached hydrogens (tertiary/aromatic N) is 1. The van der Waals surface area contributed by atoms with Crippen molar-refractivity contribution in [2.45, 2.75) is 26.4 Å². The fourth-order valence-corrected chi connectivity index (χ4v) is 3.35. The second-order valence-corrected chi connectivity index (χ2v) is 6.70. The zero-order valence-corrected chi connectivity index (χ0v) is 13.2. The number of aliphatic hydroxyl groups is 1. The van der Waals surface area contributed by atoms with Gasteiger partial charge in [-0.15, -0.1) is 0 Å². The highest BCUT2D eigenvalue weighted by Gasteiger charge is 2.21. The molecule has 3 nitrogen and oxygen atoms in total. The summed E-state index contributed by atoms with van der Waals surface area (Å²) in [7, 11) is 0. The molecule has 0 saturated carbocycles. The van der Waals surface area contributed by atoms with Gasteiger partial charge >= 0.3 is 0 Å². The van der Waals surface area contributed by atoms with E-state index in [1.54, 1.807) is 13.8 Å². The number of hydrogen-bond acceptors (Lipinski definition) is 4. The van der Waals surface area contributed by atoms with E-state index < -0.39 is 5.60 Å². The molecule has 1 heterocycles. The lowest BCUT2D eigenvalue weighted by Crippen LogP contribution is -2.17. The van der Waals surface area contributed by atoms with E-state index in [0.29, 0.717) is 5.69 Å². The number of nitrogen functional groups attached to an aromatic ring is 1. The summed E-state index contributed by atoms with van der Waals surface area (Å²) in [4.78, 5) is 0. The molecule has 2 aromatic carbocycles. The summed E-state index contributed by atoms with van der Waals surface area (Å²) < 4.78 is 5.62. The van der Waals surface area contributed by atoms with Gasteiger partial charge in [-0.2, -0.15) is 4.37 Å². The molecule has 0 aliphatic carbocycles. The van der Waals surface area contributed by atoms with Crippen molar-refractivity contribution >= 4 is 27.3 Å². The normalized spacial score (nSPS) is 12.0. The van der Waals surface area contributed by atoms with Crippen LogP contribution in [-0.4, -0.2) is 9.48 Å². The van der Waals surface area contributed by atoms with Crippen LogP contribution in [0.15, 0.2) is 36.4 Å². The molecule has 21 heavy (non-hydrogen) atoms. The third-order valence-corrected chi connectivity index (χ3v) is 4.40. The van der Waals surface area contributed by atoms with Crippen LogP contribution in [0.25, 0.3) is 21.3 Å². The zero-order valence-electron chi connectivity index (χ0n) is 12.3. The number of nitrogens with two attached hydrogens (primary N) is 1. The van der Waals surface area contributed by atoms with Gasteiger partial charge in [-0.1, -0.05) is 23.8 Å². The third-order valence-electron chi connectivity index (χ3n) is 3.59. The zero-order chi connectivity index (χ0) is 15.2. The summed E-state index contributed by atoms with van der Waals surface area (Å²) in [5, 5.41) is 11.2. The van der Waals surface area contributed by atoms with E-state index in [9.17, 15) is 5.11 Å². The Morgan fingerprint density at radius 1 is 1.19 bits per heavy atom. The van der Waals surface area contributed by atoms with E-state index in [-0.39, 0.29) is 0 Å². The van der Waals surface area contributed by atoms with Crippen LogP contribution in [-0.2, 0) is 5.60 Å². The highest BCUT2D eigenvalue weighted by Crippen LogP contribution is 2.37. The second-order valence-electron chi connectivity index (χ2n) is 5.90. The van der Waals surface area contributed by atoms with Crippen molar-refractivity contribution in [3.63, 3.8) is 0 Å². The minimum atomic E-state index is -0.953. The molecule has 1 aromatic heterocycles. The van der Waals surface area contributed by atoms with Crippen LogP contribution in [0.4, 0.5) is 5.69 Å². The Morgan fingerprint density at radius 2 is 1.95 bits per heavy atom. The summed E-state index contributed by atoms with van der Waals surface area (Å²) >= 11 is 1.44. The Balaban J connectivity index is 2.22. The Kier molecular flexibility index (Phi) is 3.23. The van der Waals surface area contributed by atoms with Gasteiger partial charge in [0, 0.05) is 22.2 Å². The van der Waals surface area contributed by atoms with Gasteiger partial charge in [0.1, 0.15) is 0 Å². The summed E-state index contributed by atoms with van der Waals surface area (Å²) in [6.07, 6.45) is 0. The fraction of sp³-hybridized carbons (Fsp3) is 0.235. The molecule has 0 aliphatic rings. The maximum Gasteiger partial charge on any atom is 0.0920 e. The Bertz CT molecular complexity index is 815. The number of aryl methyl sites for hydroxylation is 1. The van der Waals surface area contributed by atoms with Crippen LogP contribution in [0, 0.1) is 6.92 Å². The molecule has 0 unspecified atom stereocenters. The van der Waals surface area contributed by atoms with Crippen molar-refractivity contribution in [1.82, 2.24) is 4.37 Å². The minimum absolute atomic E-state index is 0.601. The van der Waals surface area contributed by atoms with E-state index in [4.69, 9.17) is 5.73 Å². The van der Waals surface area contributed by atoms with Crippen LogP contribution in [0.5, 0.6) is 0 Å². The van der Waals surface area contributed by atoms with Crippen molar-refractivity contribution in [2.24, 2.45) is 0 Å². The standard InChI is InChI=1S/C17H18N2OS/c1-10-5-4-6-11(7-10)16-12-8-14(18)13(17(2,3)20)9-15(12)21-19-16/h4-9,20H,18H2,1-3H3. The lowest BCUT2D eigenvalue weighted by molar-refractivity contribution is 0.0795. The number of hydrogen-bond donors (Lipinski definition) is 2. The number of fused-ring (bicyclic) bond motifs is 1. The van der Waals surface area contributed by atoms with Crippen molar-refractivity contribution in [3.8, 4) is 11.3 Å². The number of anilines is 1. The monoisotopic (exact) mass is 298 g/mol. The van der Waals surface area contributed by atoms with E-state index in [0.717, 1.165) is 26.9 Å². The van der Waals surface area contributed by atoms with Crippen molar-refractivity contribution in [2.75, 3.05) is 5.73 Å². The third kappa shape index (κ3) is 2.52.